The van der Waals surface area contributed by atoms with Crippen LogP contribution in [-0.4, -0.2) is 4.98 Å². The van der Waals surface area contributed by atoms with Crippen LogP contribution in [0.25, 0.3) is 0 Å². The number of hydrogen-bond donors (Lipinski definition) is 1. The standard InChI is InChI=1S/C6H3F4NO/c7-3-1-2(4(8)9)6(12)11-5(3)10/h1,4H,(H,11,12). The fourth-order valence-corrected chi connectivity index (χ4v) is 0.659. The van der Waals surface area contributed by atoms with Gasteiger partial charge in [0.1, 0.15) is 0 Å². The quantitative estimate of drug-likeness (QED) is 0.517. The SMILES string of the molecule is O=c1[nH]c(F)c(F)cc1C(F)F. The van der Waals surface area contributed by atoms with Gasteiger partial charge in [-0.25, -0.2) is 13.2 Å². The molecule has 6 heteroatoms. The van der Waals surface area contributed by atoms with E-state index in [4.69, 9.17) is 0 Å². The number of halogens is 4. The van der Waals surface area contributed by atoms with Gasteiger partial charge in [-0.3, -0.25) is 9.78 Å². The summed E-state index contributed by atoms with van der Waals surface area (Å²) in [5.74, 6) is -3.03. The second-order valence-corrected chi connectivity index (χ2v) is 2.02. The van der Waals surface area contributed by atoms with Crippen molar-refractivity contribution in [2.24, 2.45) is 0 Å². The van der Waals surface area contributed by atoms with E-state index in [9.17, 15) is 22.4 Å². The molecule has 0 radical (unpaired) electrons. The summed E-state index contributed by atoms with van der Waals surface area (Å²) in [6.45, 7) is 0. The summed E-state index contributed by atoms with van der Waals surface area (Å²) in [4.78, 5) is 11.8. The monoisotopic (exact) mass is 181 g/mol. The minimum Gasteiger partial charge on any atom is -0.296 e. The van der Waals surface area contributed by atoms with Crippen molar-refractivity contribution < 1.29 is 17.6 Å². The van der Waals surface area contributed by atoms with Crippen LogP contribution in [0, 0.1) is 11.8 Å². The van der Waals surface area contributed by atoms with Crippen LogP contribution in [0.4, 0.5) is 17.6 Å². The average Bonchev–Trinajstić information content (AvgIpc) is 1.96. The molecule has 66 valence electrons. The lowest BCUT2D eigenvalue weighted by molar-refractivity contribution is 0.148. The molecule has 1 rings (SSSR count). The van der Waals surface area contributed by atoms with Gasteiger partial charge in [-0.2, -0.15) is 4.39 Å². The van der Waals surface area contributed by atoms with Crippen molar-refractivity contribution in [2.45, 2.75) is 6.43 Å². The van der Waals surface area contributed by atoms with Gasteiger partial charge in [-0.05, 0) is 6.07 Å². The molecule has 1 N–H and O–H groups in total. The summed E-state index contributed by atoms with van der Waals surface area (Å²) in [5, 5.41) is 0. The molecule has 0 saturated carbocycles. The van der Waals surface area contributed by atoms with Crippen molar-refractivity contribution in [1.82, 2.24) is 4.98 Å². The molecule has 0 amide bonds. The number of nitrogens with one attached hydrogen (secondary N) is 1. The molecule has 0 saturated heterocycles. The van der Waals surface area contributed by atoms with E-state index in [2.05, 4.69) is 0 Å². The first-order valence-corrected chi connectivity index (χ1v) is 2.88. The van der Waals surface area contributed by atoms with E-state index in [1.54, 1.807) is 0 Å². The number of aromatic amines is 1. The van der Waals surface area contributed by atoms with E-state index < -0.39 is 29.3 Å². The predicted molar refractivity (Wildman–Crippen MR) is 31.9 cm³/mol. The smallest absolute Gasteiger partial charge is 0.269 e. The molecule has 0 fully saturated rings. The lowest BCUT2D eigenvalue weighted by atomic mass is 10.3. The van der Waals surface area contributed by atoms with Crippen LogP contribution in [0.15, 0.2) is 10.9 Å². The van der Waals surface area contributed by atoms with Gasteiger partial charge in [-0.1, -0.05) is 0 Å². The molecule has 2 nitrogen and oxygen atoms in total. The van der Waals surface area contributed by atoms with Gasteiger partial charge in [0, 0.05) is 0 Å². The Kier molecular flexibility index (Phi) is 2.16. The van der Waals surface area contributed by atoms with Crippen LogP contribution >= 0.6 is 0 Å². The maximum absolute atomic E-state index is 12.2. The first-order chi connectivity index (χ1) is 5.52. The molecule has 1 aromatic heterocycles. The Morgan fingerprint density at radius 3 is 2.42 bits per heavy atom. The van der Waals surface area contributed by atoms with E-state index in [1.807, 2.05) is 0 Å². The van der Waals surface area contributed by atoms with Gasteiger partial charge in [0.15, 0.2) is 5.82 Å². The van der Waals surface area contributed by atoms with Crippen molar-refractivity contribution in [3.8, 4) is 0 Å². The van der Waals surface area contributed by atoms with Crippen LogP contribution in [0.2, 0.25) is 0 Å². The molecule has 0 aliphatic rings. The van der Waals surface area contributed by atoms with Gasteiger partial charge in [0.25, 0.3) is 12.0 Å². The molecular formula is C6H3F4NO. The summed E-state index contributed by atoms with van der Waals surface area (Å²) in [7, 11) is 0. The van der Waals surface area contributed by atoms with Gasteiger partial charge < -0.3 is 0 Å². The fourth-order valence-electron chi connectivity index (χ4n) is 0.659. The Labute approximate surface area is 63.8 Å². The van der Waals surface area contributed by atoms with Gasteiger partial charge in [-0.15, -0.1) is 0 Å². The summed E-state index contributed by atoms with van der Waals surface area (Å²) >= 11 is 0. The summed E-state index contributed by atoms with van der Waals surface area (Å²) < 4.78 is 48.0. The van der Waals surface area contributed by atoms with Gasteiger partial charge in [0.2, 0.25) is 5.95 Å². The van der Waals surface area contributed by atoms with E-state index in [0.29, 0.717) is 0 Å². The van der Waals surface area contributed by atoms with Crippen molar-refractivity contribution >= 4 is 0 Å². The summed E-state index contributed by atoms with van der Waals surface area (Å²) in [5.41, 5.74) is -2.39. The zero-order valence-corrected chi connectivity index (χ0v) is 5.57. The number of hydrogen-bond acceptors (Lipinski definition) is 1. The molecule has 1 heterocycles. The van der Waals surface area contributed by atoms with Crippen LogP contribution < -0.4 is 5.56 Å². The number of alkyl halides is 2. The minimum absolute atomic E-state index is 0.179. The minimum atomic E-state index is -3.11. The maximum Gasteiger partial charge on any atom is 0.269 e. The zero-order valence-electron chi connectivity index (χ0n) is 5.57. The maximum atomic E-state index is 12.2. The number of rotatable bonds is 1. The van der Waals surface area contributed by atoms with Crippen molar-refractivity contribution in [3.05, 3.63) is 33.7 Å². The highest BCUT2D eigenvalue weighted by molar-refractivity contribution is 5.12. The normalized spacial score (nSPS) is 10.8. The Balaban J connectivity index is 3.33. The molecule has 12 heavy (non-hydrogen) atoms. The second kappa shape index (κ2) is 2.96. The third-order valence-corrected chi connectivity index (χ3v) is 1.21. The lowest BCUT2D eigenvalue weighted by Gasteiger charge is -1.97. The zero-order chi connectivity index (χ0) is 9.30. The molecule has 0 atom stereocenters. The first-order valence-electron chi connectivity index (χ1n) is 2.88. The molecule has 0 unspecified atom stereocenters. The molecule has 0 spiro atoms. The number of aromatic nitrogens is 1. The lowest BCUT2D eigenvalue weighted by Crippen LogP contribution is -2.15. The van der Waals surface area contributed by atoms with Gasteiger partial charge >= 0.3 is 0 Å². The highest BCUT2D eigenvalue weighted by Crippen LogP contribution is 2.15. The van der Waals surface area contributed by atoms with Crippen molar-refractivity contribution in [2.75, 3.05) is 0 Å². The van der Waals surface area contributed by atoms with Gasteiger partial charge in [0.05, 0.1) is 5.56 Å². The van der Waals surface area contributed by atoms with Crippen LogP contribution in [0.1, 0.15) is 12.0 Å². The molecule has 1 aromatic rings. The highest BCUT2D eigenvalue weighted by atomic mass is 19.3. The van der Waals surface area contributed by atoms with E-state index in [-0.39, 0.29) is 6.07 Å². The largest absolute Gasteiger partial charge is 0.296 e. The first kappa shape index (κ1) is 8.76. The number of H-pyrrole nitrogens is 1. The Morgan fingerprint density at radius 2 is 1.92 bits per heavy atom. The second-order valence-electron chi connectivity index (χ2n) is 2.02. The van der Waals surface area contributed by atoms with Crippen LogP contribution in [0.5, 0.6) is 0 Å². The molecular weight excluding hydrogens is 178 g/mol. The Bertz CT molecular complexity index is 346. The van der Waals surface area contributed by atoms with Crippen molar-refractivity contribution in [1.29, 1.82) is 0 Å². The molecule has 0 aliphatic heterocycles. The predicted octanol–water partition coefficient (Wildman–Crippen LogP) is 1.59. The third-order valence-electron chi connectivity index (χ3n) is 1.21. The highest BCUT2D eigenvalue weighted by Gasteiger charge is 2.15. The Morgan fingerprint density at radius 1 is 1.33 bits per heavy atom. The molecule has 0 aromatic carbocycles. The summed E-state index contributed by atoms with van der Waals surface area (Å²) in [6, 6.07) is 0.179. The molecule has 0 aliphatic carbocycles. The van der Waals surface area contributed by atoms with Crippen LogP contribution in [-0.2, 0) is 0 Å². The Hall–Kier alpha value is -1.33. The third kappa shape index (κ3) is 1.46. The average molecular weight is 181 g/mol. The topological polar surface area (TPSA) is 32.9 Å². The summed E-state index contributed by atoms with van der Waals surface area (Å²) in [6.07, 6.45) is -3.11. The van der Waals surface area contributed by atoms with E-state index in [1.165, 1.54) is 4.98 Å². The number of pyridine rings is 1. The van der Waals surface area contributed by atoms with Crippen LogP contribution in [0.3, 0.4) is 0 Å². The van der Waals surface area contributed by atoms with Crippen molar-refractivity contribution in [3.63, 3.8) is 0 Å². The van der Waals surface area contributed by atoms with E-state index >= 15 is 0 Å². The fraction of sp³-hybridized carbons (Fsp3) is 0.167. The molecule has 0 bridgehead atoms. The van der Waals surface area contributed by atoms with E-state index in [0.717, 1.165) is 0 Å².